The summed E-state index contributed by atoms with van der Waals surface area (Å²) in [5.74, 6) is -1.13. The summed E-state index contributed by atoms with van der Waals surface area (Å²) >= 11 is 0. The summed E-state index contributed by atoms with van der Waals surface area (Å²) < 4.78 is 0. The van der Waals surface area contributed by atoms with Gasteiger partial charge in [-0.05, 0) is 38.0 Å². The number of nitrogens with one attached hydrogen (secondary N) is 1. The number of imide groups is 1. The first-order valence-corrected chi connectivity index (χ1v) is 12.1. The van der Waals surface area contributed by atoms with Crippen molar-refractivity contribution in [2.75, 3.05) is 13.1 Å². The van der Waals surface area contributed by atoms with Crippen molar-refractivity contribution in [2.24, 2.45) is 11.8 Å². The number of carbonyl (C=O) groups is 4. The van der Waals surface area contributed by atoms with Gasteiger partial charge in [-0.25, -0.2) is 0 Å². The number of carboxylic acid groups (broad SMARTS) is 1. The molecule has 4 unspecified atom stereocenters. The molecule has 0 aromatic carbocycles. The minimum Gasteiger partial charge on any atom is -0.481 e. The van der Waals surface area contributed by atoms with E-state index in [1.54, 1.807) is 10.8 Å². The number of amides is 3. The van der Waals surface area contributed by atoms with Crippen LogP contribution in [0.4, 0.5) is 0 Å². The lowest BCUT2D eigenvalue weighted by molar-refractivity contribution is -0.142. The maximum absolute atomic E-state index is 12.1. The Morgan fingerprint density at radius 1 is 1.11 bits per heavy atom. The third-order valence-corrected chi connectivity index (χ3v) is 9.31. The Morgan fingerprint density at radius 2 is 1.86 bits per heavy atom. The van der Waals surface area contributed by atoms with E-state index in [2.05, 4.69) is 5.32 Å². The third kappa shape index (κ3) is 5.31. The van der Waals surface area contributed by atoms with Crippen LogP contribution in [-0.4, -0.2) is 57.3 Å². The first kappa shape index (κ1) is 21.2. The highest BCUT2D eigenvalue weighted by molar-refractivity contribution is 8.80. The monoisotopic (exact) mass is 426 g/mol. The third-order valence-electron chi connectivity index (χ3n) is 5.62. The fourth-order valence-electron chi connectivity index (χ4n) is 3.89. The molecule has 3 aliphatic rings. The molecule has 0 aromatic rings. The van der Waals surface area contributed by atoms with Crippen molar-refractivity contribution in [3.05, 3.63) is 12.2 Å². The van der Waals surface area contributed by atoms with Crippen LogP contribution in [0.5, 0.6) is 0 Å². The van der Waals surface area contributed by atoms with Crippen LogP contribution in [0.25, 0.3) is 0 Å². The molecule has 154 valence electrons. The lowest BCUT2D eigenvalue weighted by Crippen LogP contribution is -2.40. The molecule has 3 rings (SSSR count). The van der Waals surface area contributed by atoms with Crippen LogP contribution in [0, 0.1) is 11.8 Å². The summed E-state index contributed by atoms with van der Waals surface area (Å²) in [5, 5.41) is 13.2. The molecule has 28 heavy (non-hydrogen) atoms. The molecule has 0 aromatic heterocycles. The SMILES string of the molecule is O=C(CCCCCN1C(=O)C=CC1=O)NCC1CCC(C(=O)O)CC2SSC12. The van der Waals surface area contributed by atoms with Crippen molar-refractivity contribution in [2.45, 2.75) is 55.4 Å². The second-order valence-electron chi connectivity index (χ2n) is 7.58. The number of carboxylic acids is 1. The maximum atomic E-state index is 12.1. The Morgan fingerprint density at radius 3 is 2.50 bits per heavy atom. The lowest BCUT2D eigenvalue weighted by atomic mass is 9.98. The van der Waals surface area contributed by atoms with E-state index in [0.717, 1.165) is 25.7 Å². The number of fused-ring (bicyclic) bond motifs is 1. The van der Waals surface area contributed by atoms with Crippen LogP contribution < -0.4 is 5.32 Å². The molecule has 2 N–H and O–H groups in total. The zero-order valence-electron chi connectivity index (χ0n) is 15.7. The van der Waals surface area contributed by atoms with Crippen molar-refractivity contribution in [1.29, 1.82) is 0 Å². The zero-order valence-corrected chi connectivity index (χ0v) is 17.3. The van der Waals surface area contributed by atoms with Crippen LogP contribution in [0.2, 0.25) is 0 Å². The molecule has 0 radical (unpaired) electrons. The molecule has 2 fully saturated rings. The van der Waals surface area contributed by atoms with Gasteiger partial charge in [0.25, 0.3) is 11.8 Å². The fourth-order valence-corrected chi connectivity index (χ4v) is 7.22. The molecule has 1 saturated carbocycles. The number of rotatable bonds is 9. The molecule has 2 aliphatic heterocycles. The summed E-state index contributed by atoms with van der Waals surface area (Å²) in [6.45, 7) is 1.01. The Kier molecular flexibility index (Phi) is 7.45. The van der Waals surface area contributed by atoms with E-state index >= 15 is 0 Å². The van der Waals surface area contributed by atoms with Crippen LogP contribution in [0.1, 0.15) is 44.9 Å². The van der Waals surface area contributed by atoms with Gasteiger partial charge in [0.2, 0.25) is 5.91 Å². The molecule has 7 nitrogen and oxygen atoms in total. The van der Waals surface area contributed by atoms with Gasteiger partial charge in [0, 0.05) is 42.2 Å². The molecule has 4 atom stereocenters. The van der Waals surface area contributed by atoms with Gasteiger partial charge in [0.15, 0.2) is 0 Å². The van der Waals surface area contributed by atoms with Crippen molar-refractivity contribution >= 4 is 45.3 Å². The summed E-state index contributed by atoms with van der Waals surface area (Å²) in [6.07, 6.45) is 7.47. The van der Waals surface area contributed by atoms with Crippen LogP contribution >= 0.6 is 21.6 Å². The minimum atomic E-state index is -0.700. The van der Waals surface area contributed by atoms with Gasteiger partial charge in [0.1, 0.15) is 0 Å². The van der Waals surface area contributed by atoms with Crippen molar-refractivity contribution in [1.82, 2.24) is 10.2 Å². The topological polar surface area (TPSA) is 104 Å². The predicted molar refractivity (Wildman–Crippen MR) is 109 cm³/mol. The van der Waals surface area contributed by atoms with Crippen molar-refractivity contribution in [3.8, 4) is 0 Å². The molecule has 1 aliphatic carbocycles. The molecule has 0 spiro atoms. The maximum Gasteiger partial charge on any atom is 0.306 e. The van der Waals surface area contributed by atoms with Gasteiger partial charge in [-0.2, -0.15) is 0 Å². The van der Waals surface area contributed by atoms with Gasteiger partial charge in [-0.15, -0.1) is 0 Å². The van der Waals surface area contributed by atoms with Gasteiger partial charge in [-0.3, -0.25) is 24.1 Å². The first-order valence-electron chi connectivity index (χ1n) is 9.81. The van der Waals surface area contributed by atoms with Gasteiger partial charge < -0.3 is 10.4 Å². The predicted octanol–water partition coefficient (Wildman–Crippen LogP) is 2.22. The quantitative estimate of drug-likeness (QED) is 0.331. The smallest absolute Gasteiger partial charge is 0.306 e. The van der Waals surface area contributed by atoms with Gasteiger partial charge in [-0.1, -0.05) is 28.0 Å². The summed E-state index contributed by atoms with van der Waals surface area (Å²) in [5.41, 5.74) is 0. The highest BCUT2D eigenvalue weighted by Gasteiger charge is 2.44. The number of aliphatic carboxylic acids is 1. The molecular formula is C19H26N2O5S2. The molecule has 3 amide bonds. The van der Waals surface area contributed by atoms with Crippen LogP contribution in [0.3, 0.4) is 0 Å². The average molecular weight is 427 g/mol. The molecule has 0 bridgehead atoms. The number of hydrogen-bond acceptors (Lipinski definition) is 6. The minimum absolute atomic E-state index is 0.0163. The zero-order chi connectivity index (χ0) is 20.1. The van der Waals surface area contributed by atoms with Gasteiger partial charge >= 0.3 is 5.97 Å². The van der Waals surface area contributed by atoms with Crippen molar-refractivity contribution < 1.29 is 24.3 Å². The summed E-state index contributed by atoms with van der Waals surface area (Å²) in [4.78, 5) is 47.6. The highest BCUT2D eigenvalue weighted by atomic mass is 33.1. The van der Waals surface area contributed by atoms with Crippen molar-refractivity contribution in [3.63, 3.8) is 0 Å². The Bertz CT molecular complexity index is 651. The van der Waals surface area contributed by atoms with E-state index in [9.17, 15) is 24.3 Å². The second kappa shape index (κ2) is 9.82. The fraction of sp³-hybridized carbons (Fsp3) is 0.684. The first-order chi connectivity index (χ1) is 13.5. The van der Waals surface area contributed by atoms with Gasteiger partial charge in [0.05, 0.1) is 5.92 Å². The van der Waals surface area contributed by atoms with E-state index in [1.165, 1.54) is 17.1 Å². The standard InChI is InChI=1S/C19H26N2O5S2/c22-15(4-2-1-3-9-21-16(23)7-8-17(21)24)20-11-13-6-5-12(19(25)26)10-14-18(13)28-27-14/h7-8,12-14,18H,1-6,9-11H2,(H,20,22)(H,25,26). The summed E-state index contributed by atoms with van der Waals surface area (Å²) in [6, 6.07) is 0. The van der Waals surface area contributed by atoms with E-state index in [0.29, 0.717) is 48.8 Å². The molecule has 9 heteroatoms. The Balaban J connectivity index is 1.30. The number of nitrogens with zero attached hydrogens (tertiary/aromatic N) is 1. The molecular weight excluding hydrogens is 400 g/mol. The lowest BCUT2D eigenvalue weighted by Gasteiger charge is -2.38. The highest BCUT2D eigenvalue weighted by Crippen LogP contribution is 2.56. The number of unbranched alkanes of at least 4 members (excludes halogenated alkanes) is 2. The van der Waals surface area contributed by atoms with Crippen LogP contribution in [0.15, 0.2) is 12.2 Å². The summed E-state index contributed by atoms with van der Waals surface area (Å²) in [7, 11) is 3.60. The number of hydrogen-bond donors (Lipinski definition) is 2. The van der Waals surface area contributed by atoms with E-state index < -0.39 is 5.97 Å². The molecule has 2 heterocycles. The second-order valence-corrected chi connectivity index (χ2v) is 10.3. The Labute approximate surface area is 172 Å². The average Bonchev–Trinajstić information content (AvgIpc) is 2.88. The van der Waals surface area contributed by atoms with E-state index in [1.807, 2.05) is 10.8 Å². The largest absolute Gasteiger partial charge is 0.481 e. The number of carbonyl (C=O) groups excluding carboxylic acids is 3. The molecule has 1 saturated heterocycles. The van der Waals surface area contributed by atoms with E-state index in [-0.39, 0.29) is 23.6 Å². The Hall–Kier alpha value is -1.48. The van der Waals surface area contributed by atoms with E-state index in [4.69, 9.17) is 0 Å². The normalized spacial score (nSPS) is 29.2. The van der Waals surface area contributed by atoms with Crippen LogP contribution in [-0.2, 0) is 19.2 Å².